The van der Waals surface area contributed by atoms with Gasteiger partial charge in [-0.25, -0.2) is 0 Å². The monoisotopic (exact) mass is 496 g/mol. The van der Waals surface area contributed by atoms with Crippen molar-refractivity contribution < 1.29 is 19.0 Å². The molecular formula is C24H24N4O4S2. The van der Waals surface area contributed by atoms with Gasteiger partial charge in [-0.2, -0.15) is 14.6 Å². The minimum atomic E-state index is -0.561. The molecule has 34 heavy (non-hydrogen) atoms. The lowest BCUT2D eigenvalue weighted by Gasteiger charge is -2.13. The van der Waals surface area contributed by atoms with Crippen LogP contribution in [-0.2, 0) is 4.79 Å². The number of rotatable bonds is 10. The van der Waals surface area contributed by atoms with Crippen LogP contribution in [0.15, 0.2) is 47.1 Å². The van der Waals surface area contributed by atoms with Gasteiger partial charge in [0.25, 0.3) is 5.91 Å². The summed E-state index contributed by atoms with van der Waals surface area (Å²) in [6.07, 6.45) is 3.31. The van der Waals surface area contributed by atoms with Crippen LogP contribution < -0.4 is 19.5 Å². The molecule has 0 fully saturated rings. The van der Waals surface area contributed by atoms with Gasteiger partial charge in [0.1, 0.15) is 30.6 Å². The number of ether oxygens (including phenoxy) is 3. The molecule has 1 amide bonds. The van der Waals surface area contributed by atoms with Gasteiger partial charge >= 0.3 is 0 Å². The zero-order valence-corrected chi connectivity index (χ0v) is 20.9. The van der Waals surface area contributed by atoms with Gasteiger partial charge in [0.15, 0.2) is 11.5 Å². The second-order valence-electron chi connectivity index (χ2n) is 7.09. The van der Waals surface area contributed by atoms with Crippen LogP contribution in [-0.4, -0.2) is 41.8 Å². The van der Waals surface area contributed by atoms with Crippen LogP contribution in [0, 0.1) is 25.2 Å². The molecular weight excluding hydrogens is 472 g/mol. The third-order valence-electron chi connectivity index (χ3n) is 4.62. The van der Waals surface area contributed by atoms with E-state index in [2.05, 4.69) is 14.7 Å². The summed E-state index contributed by atoms with van der Waals surface area (Å²) in [4.78, 5) is 16.6. The molecule has 8 nitrogen and oxygen atoms in total. The molecule has 0 saturated carbocycles. The van der Waals surface area contributed by atoms with Crippen molar-refractivity contribution >= 4 is 40.4 Å². The fourth-order valence-corrected chi connectivity index (χ4v) is 4.00. The van der Waals surface area contributed by atoms with Crippen molar-refractivity contribution in [2.45, 2.75) is 19.0 Å². The zero-order chi connectivity index (χ0) is 24.5. The van der Waals surface area contributed by atoms with E-state index in [-0.39, 0.29) is 5.57 Å². The number of carbonyl (C=O) groups excluding carboxylic acids is 1. The second kappa shape index (κ2) is 12.1. The lowest BCUT2D eigenvalue weighted by atomic mass is 10.1. The van der Waals surface area contributed by atoms with Gasteiger partial charge in [-0.15, -0.1) is 0 Å². The SMILES string of the molecule is COc1cc(/C=C(/C#N)C(=O)Nc2nc(SC)ns2)ccc1OCCOc1cc(C)ccc1C. The standard InChI is InChI=1S/C24H24N4O4S2/c1-15-5-6-16(2)20(11-15)32-10-9-31-19-8-7-17(13-21(19)30-3)12-18(14-25)22(29)26-23-27-24(33-4)28-34-23/h5-8,11-13H,9-10H2,1-4H3,(H,26,27,28,29)/b18-12-. The van der Waals surface area contributed by atoms with E-state index < -0.39 is 5.91 Å². The quantitative estimate of drug-likeness (QED) is 0.183. The van der Waals surface area contributed by atoms with Gasteiger partial charge in [0.05, 0.1) is 7.11 Å². The summed E-state index contributed by atoms with van der Waals surface area (Å²) in [7, 11) is 1.53. The normalized spacial score (nSPS) is 11.0. The lowest BCUT2D eigenvalue weighted by molar-refractivity contribution is -0.112. The Morgan fingerprint density at radius 1 is 1.15 bits per heavy atom. The first-order chi connectivity index (χ1) is 16.4. The minimum Gasteiger partial charge on any atom is -0.493 e. The molecule has 0 saturated heterocycles. The molecule has 10 heteroatoms. The van der Waals surface area contributed by atoms with Crippen LogP contribution >= 0.6 is 23.3 Å². The van der Waals surface area contributed by atoms with E-state index >= 15 is 0 Å². The number of methoxy groups -OCH3 is 1. The number of benzene rings is 2. The Labute approximate surface area is 206 Å². The van der Waals surface area contributed by atoms with E-state index in [0.717, 1.165) is 28.4 Å². The molecule has 1 aromatic heterocycles. The highest BCUT2D eigenvalue weighted by Crippen LogP contribution is 2.29. The smallest absolute Gasteiger partial charge is 0.268 e. The highest BCUT2D eigenvalue weighted by molar-refractivity contribution is 7.98. The first-order valence-corrected chi connectivity index (χ1v) is 12.2. The first-order valence-electron chi connectivity index (χ1n) is 10.2. The van der Waals surface area contributed by atoms with Gasteiger partial charge in [0.2, 0.25) is 10.3 Å². The summed E-state index contributed by atoms with van der Waals surface area (Å²) < 4.78 is 21.1. The summed E-state index contributed by atoms with van der Waals surface area (Å²) in [6, 6.07) is 13.1. The summed E-state index contributed by atoms with van der Waals surface area (Å²) >= 11 is 2.43. The van der Waals surface area contributed by atoms with Crippen molar-refractivity contribution in [1.29, 1.82) is 5.26 Å². The number of aryl methyl sites for hydroxylation is 2. The number of nitrogens with zero attached hydrogens (tertiary/aromatic N) is 3. The molecule has 0 atom stereocenters. The molecule has 1 N–H and O–H groups in total. The molecule has 0 aliphatic heterocycles. The fourth-order valence-electron chi connectivity index (χ4n) is 2.88. The maximum atomic E-state index is 12.5. The average Bonchev–Trinajstić information content (AvgIpc) is 3.30. The molecule has 2 aromatic carbocycles. The average molecular weight is 497 g/mol. The summed E-state index contributed by atoms with van der Waals surface area (Å²) in [5, 5.41) is 12.9. The van der Waals surface area contributed by atoms with Crippen molar-refractivity contribution in [3.8, 4) is 23.3 Å². The molecule has 0 aliphatic rings. The van der Waals surface area contributed by atoms with Crippen LogP contribution in [0.1, 0.15) is 16.7 Å². The topological polar surface area (TPSA) is 106 Å². The molecule has 3 rings (SSSR count). The Kier molecular flexibility index (Phi) is 8.90. The van der Waals surface area contributed by atoms with Gasteiger partial charge < -0.3 is 14.2 Å². The van der Waals surface area contributed by atoms with E-state index in [1.807, 2.05) is 44.4 Å². The Bertz CT molecular complexity index is 1230. The van der Waals surface area contributed by atoms with Gasteiger partial charge in [0, 0.05) is 11.5 Å². The van der Waals surface area contributed by atoms with E-state index in [0.29, 0.717) is 40.6 Å². The van der Waals surface area contributed by atoms with Gasteiger partial charge in [-0.1, -0.05) is 30.0 Å². The third-order valence-corrected chi connectivity index (χ3v) is 5.91. The van der Waals surface area contributed by atoms with E-state index in [1.54, 1.807) is 18.2 Å². The predicted octanol–water partition coefficient (Wildman–Crippen LogP) is 4.89. The lowest BCUT2D eigenvalue weighted by Crippen LogP contribution is -2.13. The number of hydrogen-bond donors (Lipinski definition) is 1. The molecule has 0 spiro atoms. The molecule has 1 heterocycles. The van der Waals surface area contributed by atoms with Crippen molar-refractivity contribution in [2.75, 3.05) is 31.9 Å². The minimum absolute atomic E-state index is 0.0708. The Hall–Kier alpha value is -3.55. The number of amides is 1. The van der Waals surface area contributed by atoms with Crippen molar-refractivity contribution in [3.05, 3.63) is 58.7 Å². The number of carbonyl (C=O) groups is 1. The Morgan fingerprint density at radius 2 is 1.91 bits per heavy atom. The van der Waals surface area contributed by atoms with E-state index in [1.165, 1.54) is 24.9 Å². The van der Waals surface area contributed by atoms with E-state index in [9.17, 15) is 10.1 Å². The summed E-state index contributed by atoms with van der Waals surface area (Å²) in [5.41, 5.74) is 2.74. The molecule has 0 radical (unpaired) electrons. The zero-order valence-electron chi connectivity index (χ0n) is 19.2. The van der Waals surface area contributed by atoms with Gasteiger partial charge in [-0.05, 0) is 61.1 Å². The molecule has 0 unspecified atom stereocenters. The maximum Gasteiger partial charge on any atom is 0.268 e. The van der Waals surface area contributed by atoms with Crippen LogP contribution in [0.2, 0.25) is 0 Å². The summed E-state index contributed by atoms with van der Waals surface area (Å²) in [6.45, 7) is 4.71. The number of nitrogens with one attached hydrogen (secondary N) is 1. The van der Waals surface area contributed by atoms with Crippen LogP contribution in [0.5, 0.6) is 17.2 Å². The van der Waals surface area contributed by atoms with Gasteiger partial charge in [-0.3, -0.25) is 10.1 Å². The first kappa shape index (κ1) is 25.1. The fraction of sp³-hybridized carbons (Fsp3) is 0.250. The predicted molar refractivity (Wildman–Crippen MR) is 134 cm³/mol. The number of aromatic nitrogens is 2. The Balaban J connectivity index is 1.63. The van der Waals surface area contributed by atoms with Crippen molar-refractivity contribution in [2.24, 2.45) is 0 Å². The van der Waals surface area contributed by atoms with Crippen LogP contribution in [0.4, 0.5) is 5.13 Å². The van der Waals surface area contributed by atoms with Crippen molar-refractivity contribution in [3.63, 3.8) is 0 Å². The van der Waals surface area contributed by atoms with Crippen LogP contribution in [0.3, 0.4) is 0 Å². The highest BCUT2D eigenvalue weighted by Gasteiger charge is 2.14. The van der Waals surface area contributed by atoms with E-state index in [4.69, 9.17) is 14.2 Å². The number of hydrogen-bond acceptors (Lipinski definition) is 9. The van der Waals surface area contributed by atoms with Crippen molar-refractivity contribution in [1.82, 2.24) is 9.36 Å². The number of thioether (sulfide) groups is 1. The molecule has 0 bridgehead atoms. The van der Waals surface area contributed by atoms with Crippen LogP contribution in [0.25, 0.3) is 6.08 Å². The highest BCUT2D eigenvalue weighted by atomic mass is 32.2. The Morgan fingerprint density at radius 3 is 2.59 bits per heavy atom. The molecule has 176 valence electrons. The number of anilines is 1. The summed E-state index contributed by atoms with van der Waals surface area (Å²) in [5.74, 6) is 1.28. The number of nitriles is 1. The largest absolute Gasteiger partial charge is 0.493 e. The second-order valence-corrected chi connectivity index (χ2v) is 8.61. The molecule has 3 aromatic rings. The maximum absolute atomic E-state index is 12.5. The molecule has 0 aliphatic carbocycles. The third kappa shape index (κ3) is 6.73.